The predicted octanol–water partition coefficient (Wildman–Crippen LogP) is 2.73. The van der Waals surface area contributed by atoms with Crippen LogP contribution in [0.2, 0.25) is 0 Å². The highest BCUT2D eigenvalue weighted by molar-refractivity contribution is 5.92. The topological polar surface area (TPSA) is 46.3 Å². The maximum atomic E-state index is 12.0. The molecule has 0 spiro atoms. The van der Waals surface area contributed by atoms with Crippen LogP contribution in [-0.2, 0) is 11.2 Å². The number of amides is 1. The summed E-state index contributed by atoms with van der Waals surface area (Å²) in [4.78, 5) is 13.7. The van der Waals surface area contributed by atoms with Gasteiger partial charge in [0.1, 0.15) is 0 Å². The minimum atomic E-state index is 0.153. The van der Waals surface area contributed by atoms with Crippen LogP contribution in [0.3, 0.4) is 0 Å². The molecule has 18 heavy (non-hydrogen) atoms. The van der Waals surface area contributed by atoms with E-state index in [0.717, 1.165) is 24.9 Å². The number of carbonyl (C=O) groups is 1. The second kappa shape index (κ2) is 7.17. The van der Waals surface area contributed by atoms with Gasteiger partial charge in [-0.1, -0.05) is 19.1 Å². The van der Waals surface area contributed by atoms with E-state index >= 15 is 0 Å². The Morgan fingerprint density at radius 2 is 1.94 bits per heavy atom. The molecule has 1 aromatic rings. The molecule has 3 nitrogen and oxygen atoms in total. The van der Waals surface area contributed by atoms with Crippen LogP contribution in [0.1, 0.15) is 38.7 Å². The van der Waals surface area contributed by atoms with Crippen molar-refractivity contribution >= 4 is 11.6 Å². The Bertz CT molecular complexity index is 371. The molecule has 1 unspecified atom stereocenters. The van der Waals surface area contributed by atoms with Crippen LogP contribution in [0.5, 0.6) is 0 Å². The van der Waals surface area contributed by atoms with Crippen LogP contribution >= 0.6 is 0 Å². The molecular weight excluding hydrogens is 224 g/mol. The summed E-state index contributed by atoms with van der Waals surface area (Å²) in [6.07, 6.45) is 3.34. The summed E-state index contributed by atoms with van der Waals surface area (Å²) in [5.41, 5.74) is 7.92. The van der Waals surface area contributed by atoms with Crippen molar-refractivity contribution in [1.29, 1.82) is 0 Å². The molecule has 0 radical (unpaired) electrons. The summed E-state index contributed by atoms with van der Waals surface area (Å²) in [7, 11) is 1.83. The average Bonchev–Trinajstić information content (AvgIpc) is 2.37. The van der Waals surface area contributed by atoms with Crippen molar-refractivity contribution in [3.63, 3.8) is 0 Å². The first-order chi connectivity index (χ1) is 8.54. The normalized spacial score (nSPS) is 12.2. The Hall–Kier alpha value is -1.35. The minimum Gasteiger partial charge on any atom is -0.328 e. The van der Waals surface area contributed by atoms with Crippen LogP contribution < -0.4 is 10.6 Å². The molecule has 100 valence electrons. The van der Waals surface area contributed by atoms with Gasteiger partial charge in [0.15, 0.2) is 0 Å². The number of nitrogens with two attached hydrogens (primary N) is 1. The lowest BCUT2D eigenvalue weighted by molar-refractivity contribution is -0.118. The van der Waals surface area contributed by atoms with E-state index in [1.165, 1.54) is 5.56 Å². The number of carbonyl (C=O) groups excluding carboxylic acids is 1. The number of hydrogen-bond donors (Lipinski definition) is 1. The largest absolute Gasteiger partial charge is 0.328 e. The van der Waals surface area contributed by atoms with Crippen LogP contribution in [0.25, 0.3) is 0 Å². The lowest BCUT2D eigenvalue weighted by atomic mass is 10.1. The second-order valence-corrected chi connectivity index (χ2v) is 4.84. The summed E-state index contributed by atoms with van der Waals surface area (Å²) >= 11 is 0. The van der Waals surface area contributed by atoms with E-state index in [1.54, 1.807) is 4.90 Å². The van der Waals surface area contributed by atoms with E-state index in [0.29, 0.717) is 6.42 Å². The van der Waals surface area contributed by atoms with Gasteiger partial charge in [-0.05, 0) is 43.9 Å². The molecule has 0 saturated heterocycles. The highest BCUT2D eigenvalue weighted by atomic mass is 16.2. The Labute approximate surface area is 110 Å². The monoisotopic (exact) mass is 248 g/mol. The third kappa shape index (κ3) is 4.49. The third-order valence-electron chi connectivity index (χ3n) is 3.16. The zero-order valence-electron chi connectivity index (χ0n) is 11.6. The third-order valence-corrected chi connectivity index (χ3v) is 3.16. The summed E-state index contributed by atoms with van der Waals surface area (Å²) in [6, 6.07) is 8.32. The van der Waals surface area contributed by atoms with Crippen molar-refractivity contribution in [3.8, 4) is 0 Å². The van der Waals surface area contributed by atoms with Gasteiger partial charge in [0.25, 0.3) is 0 Å². The maximum Gasteiger partial charge on any atom is 0.226 e. The van der Waals surface area contributed by atoms with Gasteiger partial charge in [0, 0.05) is 25.2 Å². The Kier molecular flexibility index (Phi) is 5.86. The van der Waals surface area contributed by atoms with Crippen LogP contribution in [0.4, 0.5) is 5.69 Å². The first-order valence-corrected chi connectivity index (χ1v) is 6.65. The van der Waals surface area contributed by atoms with E-state index in [1.807, 2.05) is 26.1 Å². The van der Waals surface area contributed by atoms with Gasteiger partial charge in [0.2, 0.25) is 5.91 Å². The molecule has 2 N–H and O–H groups in total. The Morgan fingerprint density at radius 1 is 1.33 bits per heavy atom. The average molecular weight is 248 g/mol. The van der Waals surface area contributed by atoms with Gasteiger partial charge in [0.05, 0.1) is 0 Å². The van der Waals surface area contributed by atoms with Gasteiger partial charge in [-0.3, -0.25) is 4.79 Å². The summed E-state index contributed by atoms with van der Waals surface area (Å²) in [5.74, 6) is 0.153. The van der Waals surface area contributed by atoms with E-state index in [4.69, 9.17) is 5.73 Å². The van der Waals surface area contributed by atoms with Crippen molar-refractivity contribution in [2.45, 2.75) is 45.6 Å². The quantitative estimate of drug-likeness (QED) is 0.841. The summed E-state index contributed by atoms with van der Waals surface area (Å²) in [6.45, 7) is 4.09. The van der Waals surface area contributed by atoms with Crippen LogP contribution in [0.15, 0.2) is 24.3 Å². The zero-order chi connectivity index (χ0) is 13.5. The van der Waals surface area contributed by atoms with Crippen molar-refractivity contribution in [1.82, 2.24) is 0 Å². The molecule has 1 aromatic carbocycles. The lowest BCUT2D eigenvalue weighted by Crippen LogP contribution is -2.26. The van der Waals surface area contributed by atoms with E-state index in [2.05, 4.69) is 19.1 Å². The first-order valence-electron chi connectivity index (χ1n) is 6.65. The summed E-state index contributed by atoms with van der Waals surface area (Å²) in [5, 5.41) is 0. The lowest BCUT2D eigenvalue weighted by Gasteiger charge is -2.18. The van der Waals surface area contributed by atoms with Gasteiger partial charge in [-0.15, -0.1) is 0 Å². The molecule has 0 bridgehead atoms. The molecule has 0 fully saturated rings. The second-order valence-electron chi connectivity index (χ2n) is 4.84. The minimum absolute atomic E-state index is 0.153. The molecule has 0 aliphatic carbocycles. The fourth-order valence-corrected chi connectivity index (χ4v) is 1.84. The van der Waals surface area contributed by atoms with Crippen molar-refractivity contribution < 1.29 is 4.79 Å². The van der Waals surface area contributed by atoms with Gasteiger partial charge >= 0.3 is 0 Å². The smallest absolute Gasteiger partial charge is 0.226 e. The molecule has 0 saturated carbocycles. The molecule has 0 aliphatic rings. The van der Waals surface area contributed by atoms with Crippen molar-refractivity contribution in [2.24, 2.45) is 5.73 Å². The number of nitrogens with zero attached hydrogens (tertiary/aromatic N) is 1. The molecule has 3 heteroatoms. The number of hydrogen-bond acceptors (Lipinski definition) is 2. The Balaban J connectivity index is 2.51. The number of aryl methyl sites for hydroxylation is 1. The van der Waals surface area contributed by atoms with Crippen LogP contribution in [0, 0.1) is 0 Å². The molecule has 0 aromatic heterocycles. The van der Waals surface area contributed by atoms with E-state index in [9.17, 15) is 4.79 Å². The fourth-order valence-electron chi connectivity index (χ4n) is 1.84. The van der Waals surface area contributed by atoms with Gasteiger partial charge in [-0.25, -0.2) is 0 Å². The van der Waals surface area contributed by atoms with E-state index < -0.39 is 0 Å². The molecule has 1 rings (SSSR count). The highest BCUT2D eigenvalue weighted by Gasteiger charge is 2.10. The van der Waals surface area contributed by atoms with Gasteiger partial charge in [-0.2, -0.15) is 0 Å². The predicted molar refractivity (Wildman–Crippen MR) is 76.7 cm³/mol. The van der Waals surface area contributed by atoms with Crippen molar-refractivity contribution in [3.05, 3.63) is 29.8 Å². The molecular formula is C15H24N2O. The first kappa shape index (κ1) is 14.7. The molecule has 1 amide bonds. The van der Waals surface area contributed by atoms with Gasteiger partial charge < -0.3 is 10.6 Å². The fraction of sp³-hybridized carbons (Fsp3) is 0.533. The van der Waals surface area contributed by atoms with Crippen molar-refractivity contribution in [2.75, 3.05) is 11.9 Å². The standard InChI is InChI=1S/C15H24N2O/c1-4-13-8-10-14(11-9-13)17(3)15(18)7-5-6-12(2)16/h8-12H,4-7,16H2,1-3H3. The highest BCUT2D eigenvalue weighted by Crippen LogP contribution is 2.15. The SMILES string of the molecule is CCc1ccc(N(C)C(=O)CCCC(C)N)cc1. The maximum absolute atomic E-state index is 12.0. The molecule has 0 heterocycles. The zero-order valence-corrected chi connectivity index (χ0v) is 11.6. The number of anilines is 1. The van der Waals surface area contributed by atoms with E-state index in [-0.39, 0.29) is 11.9 Å². The Morgan fingerprint density at radius 3 is 2.44 bits per heavy atom. The molecule has 0 aliphatic heterocycles. The van der Waals surface area contributed by atoms with Crippen LogP contribution in [-0.4, -0.2) is 19.0 Å². The number of benzene rings is 1. The number of rotatable bonds is 6. The molecule has 1 atom stereocenters. The summed E-state index contributed by atoms with van der Waals surface area (Å²) < 4.78 is 0.